The molecule has 1 aromatic carbocycles. The van der Waals surface area contributed by atoms with E-state index in [1.165, 1.54) is 12.0 Å². The Hall–Kier alpha value is -1.55. The van der Waals surface area contributed by atoms with Crippen LogP contribution in [0.4, 0.5) is 10.5 Å². The number of urea groups is 1. The molecule has 2 rings (SSSR count). The molecule has 0 saturated carbocycles. The predicted octanol–water partition coefficient (Wildman–Crippen LogP) is 1.33. The van der Waals surface area contributed by atoms with Crippen LogP contribution in [0.5, 0.6) is 0 Å². The molecule has 16 heavy (non-hydrogen) atoms. The zero-order valence-corrected chi connectivity index (χ0v) is 9.20. The van der Waals surface area contributed by atoms with Gasteiger partial charge < -0.3 is 16.4 Å². The smallest absolute Gasteiger partial charge is 0.316 e. The zero-order chi connectivity index (χ0) is 11.4. The summed E-state index contributed by atoms with van der Waals surface area (Å²) in [5, 5.41) is 5.91. The highest BCUT2D eigenvalue weighted by Crippen LogP contribution is 2.17. The Balaban J connectivity index is 1.93. The molecule has 1 heterocycles. The molecule has 0 spiro atoms. The highest BCUT2D eigenvalue weighted by atomic mass is 16.2. The molecule has 1 saturated heterocycles. The van der Waals surface area contributed by atoms with E-state index in [2.05, 4.69) is 10.6 Å². The number of primary amides is 1. The number of carbonyl (C=O) groups is 1. The minimum absolute atomic E-state index is 0.521. The summed E-state index contributed by atoms with van der Waals surface area (Å²) in [6.07, 6.45) is 2.35. The van der Waals surface area contributed by atoms with Gasteiger partial charge in [-0.1, -0.05) is 12.1 Å². The zero-order valence-electron chi connectivity index (χ0n) is 9.20. The first-order valence-corrected chi connectivity index (χ1v) is 5.60. The van der Waals surface area contributed by atoms with E-state index in [9.17, 15) is 4.79 Å². The van der Waals surface area contributed by atoms with Crippen LogP contribution in [0.1, 0.15) is 12.0 Å². The Kier molecular flexibility index (Phi) is 3.41. The molecule has 1 fully saturated rings. The molecule has 4 nitrogen and oxygen atoms in total. The van der Waals surface area contributed by atoms with Crippen molar-refractivity contribution in [3.8, 4) is 0 Å². The molecule has 0 bridgehead atoms. The number of nitrogens with one attached hydrogen (secondary N) is 2. The molecule has 86 valence electrons. The topological polar surface area (TPSA) is 67.2 Å². The highest BCUT2D eigenvalue weighted by molar-refractivity contribution is 5.87. The maximum absolute atomic E-state index is 10.6. The molecule has 4 heteroatoms. The summed E-state index contributed by atoms with van der Waals surface area (Å²) >= 11 is 0. The molecule has 0 aliphatic carbocycles. The van der Waals surface area contributed by atoms with E-state index in [1.54, 1.807) is 0 Å². The van der Waals surface area contributed by atoms with E-state index in [4.69, 9.17) is 5.73 Å². The summed E-state index contributed by atoms with van der Waals surface area (Å²) in [5.41, 5.74) is 7.10. The van der Waals surface area contributed by atoms with Crippen molar-refractivity contribution in [1.29, 1.82) is 0 Å². The van der Waals surface area contributed by atoms with Crippen LogP contribution in [-0.4, -0.2) is 19.1 Å². The molecule has 1 aromatic rings. The number of carbonyl (C=O) groups excluding carboxylic acids is 1. The second-order valence-corrected chi connectivity index (χ2v) is 4.25. The summed E-state index contributed by atoms with van der Waals surface area (Å²) < 4.78 is 0. The van der Waals surface area contributed by atoms with Crippen LogP contribution in [0.25, 0.3) is 0 Å². The lowest BCUT2D eigenvalue weighted by Crippen LogP contribution is -2.19. The number of nitrogens with two attached hydrogens (primary N) is 1. The Morgan fingerprint density at radius 2 is 2.19 bits per heavy atom. The van der Waals surface area contributed by atoms with Crippen molar-refractivity contribution < 1.29 is 4.79 Å². The van der Waals surface area contributed by atoms with Gasteiger partial charge in [-0.2, -0.15) is 0 Å². The summed E-state index contributed by atoms with van der Waals surface area (Å²) in [5.74, 6) is 0.745. The molecule has 4 N–H and O–H groups in total. The van der Waals surface area contributed by atoms with E-state index < -0.39 is 6.03 Å². The minimum atomic E-state index is -0.521. The lowest BCUT2D eigenvalue weighted by Gasteiger charge is -2.09. The Morgan fingerprint density at radius 3 is 2.75 bits per heavy atom. The lowest BCUT2D eigenvalue weighted by atomic mass is 9.99. The summed E-state index contributed by atoms with van der Waals surface area (Å²) in [7, 11) is 0. The van der Waals surface area contributed by atoms with Crippen molar-refractivity contribution in [2.45, 2.75) is 12.8 Å². The minimum Gasteiger partial charge on any atom is -0.351 e. The molecule has 0 radical (unpaired) electrons. The molecular formula is C12H17N3O. The van der Waals surface area contributed by atoms with Gasteiger partial charge in [-0.25, -0.2) is 4.79 Å². The van der Waals surface area contributed by atoms with Crippen LogP contribution in [0, 0.1) is 5.92 Å². The average Bonchev–Trinajstić information content (AvgIpc) is 2.73. The fourth-order valence-electron chi connectivity index (χ4n) is 2.09. The summed E-state index contributed by atoms with van der Waals surface area (Å²) in [6.45, 7) is 2.24. The molecule has 1 aliphatic heterocycles. The SMILES string of the molecule is NC(=O)Nc1ccc(CC2CCNC2)cc1. The fraction of sp³-hybridized carbons (Fsp3) is 0.417. The number of anilines is 1. The van der Waals surface area contributed by atoms with Gasteiger partial charge in [-0.05, 0) is 49.5 Å². The predicted molar refractivity (Wildman–Crippen MR) is 64.3 cm³/mol. The van der Waals surface area contributed by atoms with Gasteiger partial charge in [0.1, 0.15) is 0 Å². The van der Waals surface area contributed by atoms with Gasteiger partial charge in [0, 0.05) is 5.69 Å². The van der Waals surface area contributed by atoms with Gasteiger partial charge in [0.25, 0.3) is 0 Å². The van der Waals surface area contributed by atoms with Gasteiger partial charge in [0.15, 0.2) is 0 Å². The Morgan fingerprint density at radius 1 is 1.44 bits per heavy atom. The highest BCUT2D eigenvalue weighted by Gasteiger charge is 2.14. The normalized spacial score (nSPS) is 19.6. The van der Waals surface area contributed by atoms with Crippen molar-refractivity contribution in [3.05, 3.63) is 29.8 Å². The van der Waals surface area contributed by atoms with Crippen LogP contribution < -0.4 is 16.4 Å². The lowest BCUT2D eigenvalue weighted by molar-refractivity contribution is 0.259. The molecule has 0 aromatic heterocycles. The molecule has 1 atom stereocenters. The van der Waals surface area contributed by atoms with Crippen molar-refractivity contribution in [1.82, 2.24) is 5.32 Å². The maximum Gasteiger partial charge on any atom is 0.316 e. The van der Waals surface area contributed by atoms with Crippen LogP contribution in [0.2, 0.25) is 0 Å². The van der Waals surface area contributed by atoms with Crippen LogP contribution in [0.15, 0.2) is 24.3 Å². The third kappa shape index (κ3) is 2.97. The fourth-order valence-corrected chi connectivity index (χ4v) is 2.09. The number of hydrogen-bond donors (Lipinski definition) is 3. The molecule has 1 aliphatic rings. The van der Waals surface area contributed by atoms with E-state index in [1.807, 2.05) is 24.3 Å². The van der Waals surface area contributed by atoms with E-state index in [0.29, 0.717) is 0 Å². The largest absolute Gasteiger partial charge is 0.351 e. The van der Waals surface area contributed by atoms with Crippen molar-refractivity contribution >= 4 is 11.7 Å². The number of benzene rings is 1. The van der Waals surface area contributed by atoms with Crippen LogP contribution >= 0.6 is 0 Å². The standard InChI is InChI=1S/C12H17N3O/c13-12(16)15-11-3-1-9(2-4-11)7-10-5-6-14-8-10/h1-4,10,14H,5-8H2,(H3,13,15,16). The first-order valence-electron chi connectivity index (χ1n) is 5.60. The van der Waals surface area contributed by atoms with Gasteiger partial charge in [0.2, 0.25) is 0 Å². The summed E-state index contributed by atoms with van der Waals surface area (Å²) in [4.78, 5) is 10.6. The summed E-state index contributed by atoms with van der Waals surface area (Å²) in [6, 6.07) is 7.35. The van der Waals surface area contributed by atoms with Crippen LogP contribution in [0.3, 0.4) is 0 Å². The van der Waals surface area contributed by atoms with E-state index in [0.717, 1.165) is 31.1 Å². The van der Waals surface area contributed by atoms with E-state index >= 15 is 0 Å². The van der Waals surface area contributed by atoms with Gasteiger partial charge >= 0.3 is 6.03 Å². The second kappa shape index (κ2) is 4.99. The van der Waals surface area contributed by atoms with Crippen LogP contribution in [-0.2, 0) is 6.42 Å². The molecular weight excluding hydrogens is 202 g/mol. The third-order valence-electron chi connectivity index (χ3n) is 2.91. The third-order valence-corrected chi connectivity index (χ3v) is 2.91. The quantitative estimate of drug-likeness (QED) is 0.718. The van der Waals surface area contributed by atoms with Crippen molar-refractivity contribution in [2.24, 2.45) is 11.7 Å². The Bertz CT molecular complexity index is 355. The van der Waals surface area contributed by atoms with Gasteiger partial charge in [-0.15, -0.1) is 0 Å². The van der Waals surface area contributed by atoms with Gasteiger partial charge in [-0.3, -0.25) is 0 Å². The monoisotopic (exact) mass is 219 g/mol. The van der Waals surface area contributed by atoms with E-state index in [-0.39, 0.29) is 0 Å². The molecule has 2 amide bonds. The van der Waals surface area contributed by atoms with Crippen molar-refractivity contribution in [2.75, 3.05) is 18.4 Å². The van der Waals surface area contributed by atoms with Gasteiger partial charge in [0.05, 0.1) is 0 Å². The van der Waals surface area contributed by atoms with Crippen molar-refractivity contribution in [3.63, 3.8) is 0 Å². The molecule has 1 unspecified atom stereocenters. The first kappa shape index (κ1) is 11.0. The maximum atomic E-state index is 10.6. The first-order chi connectivity index (χ1) is 7.74. The second-order valence-electron chi connectivity index (χ2n) is 4.25. The average molecular weight is 219 g/mol. The number of rotatable bonds is 3. The number of amides is 2. The number of hydrogen-bond acceptors (Lipinski definition) is 2. The Labute approximate surface area is 95.2 Å².